The number of alkyl halides is 1. The Kier molecular flexibility index (Phi) is 7.76. The van der Waals surface area contributed by atoms with Gasteiger partial charge in [-0.15, -0.1) is 17.7 Å². The van der Waals surface area contributed by atoms with E-state index in [0.717, 1.165) is 24.2 Å². The number of thioether (sulfide) groups is 1. The zero-order valence-electron chi connectivity index (χ0n) is 10.9. The van der Waals surface area contributed by atoms with Crippen molar-refractivity contribution in [1.82, 2.24) is 0 Å². The maximum Gasteiger partial charge on any atom is 0.342 e. The smallest absolute Gasteiger partial charge is 0.342 e. The van der Waals surface area contributed by atoms with E-state index < -0.39 is 12.6 Å². The van der Waals surface area contributed by atoms with Crippen LogP contribution in [0.25, 0.3) is 0 Å². The molecule has 0 aliphatic rings. The number of carbonyl (C=O) groups is 1. The summed E-state index contributed by atoms with van der Waals surface area (Å²) < 4.78 is 17.0. The average molecular weight is 279 g/mol. The van der Waals surface area contributed by atoms with Gasteiger partial charge in [-0.3, -0.25) is 0 Å². The molecule has 0 aromatic heterocycles. The van der Waals surface area contributed by atoms with E-state index in [-0.39, 0.29) is 0 Å². The highest BCUT2D eigenvalue weighted by Gasteiger charge is 2.08. The largest absolute Gasteiger partial charge is 0.423 e. The zero-order chi connectivity index (χ0) is 13.9. The number of hydrogen-bond donors (Lipinski definition) is 0. The van der Waals surface area contributed by atoms with Crippen LogP contribution in [-0.2, 0) is 4.79 Å². The zero-order valence-corrected chi connectivity index (χ0v) is 11.8. The first kappa shape index (κ1) is 15.6. The predicted octanol–water partition coefficient (Wildman–Crippen LogP) is 3.85. The number of benzene rings is 1. The molecule has 0 atom stereocenters. The molecule has 0 heterocycles. The summed E-state index contributed by atoms with van der Waals surface area (Å²) >= 11 is 1.48. The van der Waals surface area contributed by atoms with E-state index in [2.05, 4.69) is 18.8 Å². The molecule has 102 valence electrons. The normalized spacial score (nSPS) is 9.58. The van der Waals surface area contributed by atoms with Gasteiger partial charge in [0.15, 0.2) is 6.67 Å². The van der Waals surface area contributed by atoms with E-state index in [4.69, 9.17) is 4.74 Å². The molecule has 0 radical (unpaired) electrons. The van der Waals surface area contributed by atoms with Crippen molar-refractivity contribution < 1.29 is 13.9 Å². The van der Waals surface area contributed by atoms with Crippen LogP contribution in [0.2, 0.25) is 0 Å². The quantitative estimate of drug-likeness (QED) is 0.260. The Labute approximate surface area is 117 Å². The molecule has 19 heavy (non-hydrogen) atoms. The number of esters is 1. The molecule has 2 nitrogen and oxygen atoms in total. The standard InChI is InChI=1S/C15H17FO2S/c1-2-3-4-5-8-11-19-14-10-7-6-9-13(14)18-15(17)12-16/h6-7,9-10H,2-4,11-12H2,1H3/i16-1. The molecule has 1 aromatic carbocycles. The van der Waals surface area contributed by atoms with Crippen molar-refractivity contribution in [3.05, 3.63) is 24.3 Å². The molecule has 0 fully saturated rings. The van der Waals surface area contributed by atoms with Crippen LogP contribution in [0.1, 0.15) is 26.2 Å². The molecular formula is C15H17FO2S. The number of hydrogen-bond acceptors (Lipinski definition) is 3. The van der Waals surface area contributed by atoms with Crippen molar-refractivity contribution in [2.75, 3.05) is 12.4 Å². The van der Waals surface area contributed by atoms with E-state index in [1.54, 1.807) is 12.1 Å². The molecule has 0 saturated heterocycles. The summed E-state index contributed by atoms with van der Waals surface area (Å²) in [5, 5.41) is 0. The van der Waals surface area contributed by atoms with E-state index in [0.29, 0.717) is 11.5 Å². The summed E-state index contributed by atoms with van der Waals surface area (Å²) in [7, 11) is 0. The van der Waals surface area contributed by atoms with Crippen LogP contribution in [-0.4, -0.2) is 18.4 Å². The molecular weight excluding hydrogens is 262 g/mol. The highest BCUT2D eigenvalue weighted by Crippen LogP contribution is 2.28. The summed E-state index contributed by atoms with van der Waals surface area (Å²) in [6, 6.07) is 7.08. The van der Waals surface area contributed by atoms with Crippen LogP contribution in [0.4, 0.5) is 4.39 Å². The Morgan fingerprint density at radius 1 is 1.37 bits per heavy atom. The maximum atomic E-state index is 12.1. The highest BCUT2D eigenvalue weighted by molar-refractivity contribution is 7.99. The Morgan fingerprint density at radius 2 is 2.16 bits per heavy atom. The fourth-order valence-corrected chi connectivity index (χ4v) is 2.08. The van der Waals surface area contributed by atoms with Crippen LogP contribution in [0.5, 0.6) is 5.75 Å². The van der Waals surface area contributed by atoms with Gasteiger partial charge in [0.05, 0.1) is 10.6 Å². The van der Waals surface area contributed by atoms with Crippen molar-refractivity contribution in [2.45, 2.75) is 31.1 Å². The fraction of sp³-hybridized carbons (Fsp3) is 0.400. The van der Waals surface area contributed by atoms with Gasteiger partial charge in [0.2, 0.25) is 0 Å². The molecule has 0 bridgehead atoms. The van der Waals surface area contributed by atoms with Crippen LogP contribution >= 0.6 is 11.8 Å². The number of para-hydroxylation sites is 1. The van der Waals surface area contributed by atoms with E-state index in [1.807, 2.05) is 12.1 Å². The van der Waals surface area contributed by atoms with Crippen molar-refractivity contribution in [3.63, 3.8) is 0 Å². The minimum Gasteiger partial charge on any atom is -0.423 e. The third-order valence-electron chi connectivity index (χ3n) is 2.26. The Morgan fingerprint density at radius 3 is 2.89 bits per heavy atom. The lowest BCUT2D eigenvalue weighted by Gasteiger charge is -2.06. The third kappa shape index (κ3) is 6.30. The van der Waals surface area contributed by atoms with Crippen molar-refractivity contribution in [2.24, 2.45) is 0 Å². The maximum absolute atomic E-state index is 12.1. The van der Waals surface area contributed by atoms with Crippen molar-refractivity contribution in [1.29, 1.82) is 0 Å². The first-order valence-corrected chi connectivity index (χ1v) is 7.20. The molecule has 1 aromatic rings. The Bertz CT molecular complexity index is 463. The lowest BCUT2D eigenvalue weighted by Crippen LogP contribution is -2.10. The van der Waals surface area contributed by atoms with E-state index in [9.17, 15) is 9.18 Å². The SMILES string of the molecule is CCCCC#CCSc1ccccc1OC(=O)C[18F]. The van der Waals surface area contributed by atoms with Gasteiger partial charge in [-0.05, 0) is 18.6 Å². The summed E-state index contributed by atoms with van der Waals surface area (Å²) in [6.07, 6.45) is 3.17. The highest BCUT2D eigenvalue weighted by atomic mass is 32.2. The predicted molar refractivity (Wildman–Crippen MR) is 76.1 cm³/mol. The number of ether oxygens (including phenoxy) is 1. The van der Waals surface area contributed by atoms with Gasteiger partial charge in [0.1, 0.15) is 5.75 Å². The molecule has 0 amide bonds. The van der Waals surface area contributed by atoms with Crippen molar-refractivity contribution >= 4 is 17.7 Å². The van der Waals surface area contributed by atoms with Gasteiger partial charge < -0.3 is 4.74 Å². The van der Waals surface area contributed by atoms with Crippen LogP contribution < -0.4 is 4.74 Å². The molecule has 0 saturated carbocycles. The van der Waals surface area contributed by atoms with Crippen LogP contribution in [0, 0.1) is 11.8 Å². The molecule has 0 aliphatic heterocycles. The Balaban J connectivity index is 2.52. The van der Waals surface area contributed by atoms with Gasteiger partial charge in [-0.2, -0.15) is 0 Å². The second kappa shape index (κ2) is 9.46. The lowest BCUT2D eigenvalue weighted by atomic mass is 10.3. The van der Waals surface area contributed by atoms with Gasteiger partial charge in [-0.25, -0.2) is 9.18 Å². The van der Waals surface area contributed by atoms with Gasteiger partial charge in [-0.1, -0.05) is 31.4 Å². The molecule has 0 unspecified atom stereocenters. The summed E-state index contributed by atoms with van der Waals surface area (Å²) in [4.78, 5) is 11.7. The van der Waals surface area contributed by atoms with Crippen LogP contribution in [0.15, 0.2) is 29.2 Å². The fourth-order valence-electron chi connectivity index (χ4n) is 1.32. The monoisotopic (exact) mass is 279 g/mol. The third-order valence-corrected chi connectivity index (χ3v) is 3.20. The van der Waals surface area contributed by atoms with Crippen molar-refractivity contribution in [3.8, 4) is 17.6 Å². The molecule has 1 rings (SSSR count). The Hall–Kier alpha value is -1.47. The number of halogens is 1. The van der Waals surface area contributed by atoms with Gasteiger partial charge in [0, 0.05) is 6.42 Å². The average Bonchev–Trinajstić information content (AvgIpc) is 2.44. The lowest BCUT2D eigenvalue weighted by molar-refractivity contribution is -0.135. The summed E-state index contributed by atoms with van der Waals surface area (Å²) in [5.41, 5.74) is 0. The molecule has 4 heteroatoms. The second-order valence-corrected chi connectivity index (χ2v) is 4.82. The summed E-state index contributed by atoms with van der Waals surface area (Å²) in [6.45, 7) is 1.02. The second-order valence-electron chi connectivity index (χ2n) is 3.80. The first-order chi connectivity index (χ1) is 9.27. The summed E-state index contributed by atoms with van der Waals surface area (Å²) in [5.74, 6) is 6.30. The molecule has 0 N–H and O–H groups in total. The van der Waals surface area contributed by atoms with E-state index in [1.165, 1.54) is 11.8 Å². The topological polar surface area (TPSA) is 26.3 Å². The molecule has 0 aliphatic carbocycles. The first-order valence-electron chi connectivity index (χ1n) is 6.22. The number of unbranched alkanes of at least 4 members (excludes halogenated alkanes) is 2. The minimum atomic E-state index is -1.12. The van der Waals surface area contributed by atoms with E-state index >= 15 is 0 Å². The minimum absolute atomic E-state index is 0.394. The number of carbonyl (C=O) groups excluding carboxylic acids is 1. The molecule has 0 spiro atoms. The van der Waals surface area contributed by atoms with Gasteiger partial charge in [0.25, 0.3) is 0 Å². The van der Waals surface area contributed by atoms with Gasteiger partial charge >= 0.3 is 5.97 Å². The van der Waals surface area contributed by atoms with Crippen LogP contribution in [0.3, 0.4) is 0 Å². The number of rotatable bonds is 6.